The Hall–Kier alpha value is -3.97. The summed E-state index contributed by atoms with van der Waals surface area (Å²) in [6.45, 7) is 0.434. The summed E-state index contributed by atoms with van der Waals surface area (Å²) in [6, 6.07) is 21.1. The van der Waals surface area contributed by atoms with Gasteiger partial charge in [-0.1, -0.05) is 60.7 Å². The van der Waals surface area contributed by atoms with Gasteiger partial charge in [-0.05, 0) is 29.0 Å². The highest BCUT2D eigenvalue weighted by atomic mass is 16.4. The largest absolute Gasteiger partial charge is 0.480 e. The van der Waals surface area contributed by atoms with Gasteiger partial charge in [0, 0.05) is 31.2 Å². The molecule has 0 saturated carbocycles. The molecule has 0 bridgehead atoms. The molecule has 0 aliphatic carbocycles. The zero-order valence-electron chi connectivity index (χ0n) is 17.6. The van der Waals surface area contributed by atoms with Gasteiger partial charge < -0.3 is 15.0 Å². The van der Waals surface area contributed by atoms with E-state index in [9.17, 15) is 19.5 Å². The highest BCUT2D eigenvalue weighted by molar-refractivity contribution is 5.93. The minimum atomic E-state index is -0.942. The van der Waals surface area contributed by atoms with Crippen LogP contribution >= 0.6 is 0 Å². The standard InChI is InChI=1S/C25H23N3O4/c1-27-14-13-23(29)28(25(27)32)22-12-6-10-19-18(9-5-11-20(19)22)15-21(24(30)31)26-16-17-7-3-2-4-8-17/h2-14,21,26H,15-16H2,1H3,(H,30,31)/t21-/m0/s1. The third kappa shape index (κ3) is 4.24. The van der Waals surface area contributed by atoms with Gasteiger partial charge in [-0.3, -0.25) is 9.59 Å². The Kier molecular flexibility index (Phi) is 6.00. The summed E-state index contributed by atoms with van der Waals surface area (Å²) in [6.07, 6.45) is 1.69. The van der Waals surface area contributed by atoms with Crippen molar-refractivity contribution in [2.75, 3.05) is 0 Å². The molecule has 0 radical (unpaired) electrons. The van der Waals surface area contributed by atoms with E-state index in [1.54, 1.807) is 19.2 Å². The molecule has 1 aromatic heterocycles. The topological polar surface area (TPSA) is 93.3 Å². The summed E-state index contributed by atoms with van der Waals surface area (Å²) in [7, 11) is 1.59. The summed E-state index contributed by atoms with van der Waals surface area (Å²) >= 11 is 0. The molecule has 4 rings (SSSR count). The number of benzene rings is 3. The maximum absolute atomic E-state index is 12.6. The van der Waals surface area contributed by atoms with Crippen LogP contribution in [0.2, 0.25) is 0 Å². The molecule has 2 N–H and O–H groups in total. The molecule has 1 heterocycles. The van der Waals surface area contributed by atoms with E-state index >= 15 is 0 Å². The number of rotatable bonds is 7. The molecule has 7 heteroatoms. The van der Waals surface area contributed by atoms with Crippen LogP contribution in [0.25, 0.3) is 16.5 Å². The first-order valence-electron chi connectivity index (χ1n) is 10.3. The number of hydrogen-bond donors (Lipinski definition) is 2. The number of carboxylic acid groups (broad SMARTS) is 1. The maximum atomic E-state index is 12.6. The van der Waals surface area contributed by atoms with Gasteiger partial charge in [0.15, 0.2) is 0 Å². The predicted molar refractivity (Wildman–Crippen MR) is 123 cm³/mol. The van der Waals surface area contributed by atoms with Gasteiger partial charge in [-0.25, -0.2) is 9.36 Å². The van der Waals surface area contributed by atoms with Crippen LogP contribution in [0, 0.1) is 0 Å². The lowest BCUT2D eigenvalue weighted by molar-refractivity contribution is -0.139. The van der Waals surface area contributed by atoms with Gasteiger partial charge in [-0.2, -0.15) is 0 Å². The number of nitrogens with zero attached hydrogens (tertiary/aromatic N) is 2. The smallest absolute Gasteiger partial charge is 0.335 e. The molecule has 3 aromatic carbocycles. The lowest BCUT2D eigenvalue weighted by atomic mass is 9.97. The van der Waals surface area contributed by atoms with Crippen LogP contribution in [0.4, 0.5) is 0 Å². The zero-order valence-corrected chi connectivity index (χ0v) is 17.6. The molecule has 0 unspecified atom stereocenters. The van der Waals surface area contributed by atoms with Crippen LogP contribution in [-0.2, 0) is 24.8 Å². The van der Waals surface area contributed by atoms with E-state index < -0.39 is 23.3 Å². The predicted octanol–water partition coefficient (Wildman–Crippen LogP) is 2.47. The van der Waals surface area contributed by atoms with Crippen molar-refractivity contribution in [3.8, 4) is 5.69 Å². The first-order chi connectivity index (χ1) is 15.5. The number of carbonyl (C=O) groups is 1. The Morgan fingerprint density at radius 3 is 2.41 bits per heavy atom. The normalized spacial score (nSPS) is 12.0. The van der Waals surface area contributed by atoms with Crippen LogP contribution in [0.1, 0.15) is 11.1 Å². The van der Waals surface area contributed by atoms with Crippen molar-refractivity contribution in [2.45, 2.75) is 19.0 Å². The van der Waals surface area contributed by atoms with Crippen LogP contribution < -0.4 is 16.6 Å². The lowest BCUT2D eigenvalue weighted by Gasteiger charge is -2.17. The van der Waals surface area contributed by atoms with Crippen molar-refractivity contribution in [2.24, 2.45) is 7.05 Å². The average Bonchev–Trinajstić information content (AvgIpc) is 2.80. The number of aliphatic carboxylic acids is 1. The summed E-state index contributed by atoms with van der Waals surface area (Å²) in [5.74, 6) is -0.942. The van der Waals surface area contributed by atoms with Crippen molar-refractivity contribution < 1.29 is 9.90 Å². The molecule has 4 aromatic rings. The molecule has 0 amide bonds. The number of nitrogens with one attached hydrogen (secondary N) is 1. The van der Waals surface area contributed by atoms with Crippen molar-refractivity contribution in [3.05, 3.63) is 111 Å². The fourth-order valence-electron chi connectivity index (χ4n) is 3.82. The molecular formula is C25H23N3O4. The molecule has 7 nitrogen and oxygen atoms in total. The number of aromatic nitrogens is 2. The fourth-order valence-corrected chi connectivity index (χ4v) is 3.82. The van der Waals surface area contributed by atoms with Gasteiger partial charge >= 0.3 is 11.7 Å². The van der Waals surface area contributed by atoms with Gasteiger partial charge in [0.2, 0.25) is 0 Å². The molecule has 0 saturated heterocycles. The number of carboxylic acids is 1. The third-order valence-electron chi connectivity index (χ3n) is 5.50. The number of fused-ring (bicyclic) bond motifs is 1. The van der Waals surface area contributed by atoms with Crippen molar-refractivity contribution >= 4 is 16.7 Å². The van der Waals surface area contributed by atoms with Gasteiger partial charge in [0.25, 0.3) is 5.56 Å². The van der Waals surface area contributed by atoms with Crippen molar-refractivity contribution in [3.63, 3.8) is 0 Å². The molecule has 0 spiro atoms. The van der Waals surface area contributed by atoms with Crippen molar-refractivity contribution in [1.29, 1.82) is 0 Å². The molecule has 0 aliphatic heterocycles. The molecule has 162 valence electrons. The average molecular weight is 429 g/mol. The molecular weight excluding hydrogens is 406 g/mol. The second kappa shape index (κ2) is 9.03. The molecule has 1 atom stereocenters. The van der Waals surface area contributed by atoms with Crippen LogP contribution in [0.15, 0.2) is 88.6 Å². The second-order valence-electron chi connectivity index (χ2n) is 7.63. The Morgan fingerprint density at radius 1 is 0.938 bits per heavy atom. The summed E-state index contributed by atoms with van der Waals surface area (Å²) < 4.78 is 2.48. The van der Waals surface area contributed by atoms with E-state index in [0.717, 1.165) is 21.1 Å². The van der Waals surface area contributed by atoms with Crippen LogP contribution in [0.3, 0.4) is 0 Å². The van der Waals surface area contributed by atoms with E-state index in [2.05, 4.69) is 5.32 Å². The van der Waals surface area contributed by atoms with Gasteiger partial charge in [0.1, 0.15) is 6.04 Å². The first-order valence-corrected chi connectivity index (χ1v) is 10.3. The fraction of sp³-hybridized carbons (Fsp3) is 0.160. The minimum absolute atomic E-state index is 0.255. The van der Waals surface area contributed by atoms with E-state index in [4.69, 9.17) is 0 Å². The SMILES string of the molecule is Cn1ccc(=O)n(-c2cccc3c(C[C@H](NCc4ccccc4)C(=O)O)cccc23)c1=O. The Balaban J connectivity index is 1.72. The monoisotopic (exact) mass is 429 g/mol. The van der Waals surface area contributed by atoms with Crippen LogP contribution in [0.5, 0.6) is 0 Å². The number of aryl methyl sites for hydroxylation is 1. The van der Waals surface area contributed by atoms with E-state index in [1.165, 1.54) is 16.8 Å². The van der Waals surface area contributed by atoms with E-state index in [-0.39, 0.29) is 6.42 Å². The van der Waals surface area contributed by atoms with Gasteiger partial charge in [0.05, 0.1) is 5.69 Å². The highest BCUT2D eigenvalue weighted by Gasteiger charge is 2.19. The van der Waals surface area contributed by atoms with Gasteiger partial charge in [-0.15, -0.1) is 0 Å². The summed E-state index contributed by atoms with van der Waals surface area (Å²) in [5, 5.41) is 14.4. The van der Waals surface area contributed by atoms with Crippen molar-refractivity contribution in [1.82, 2.24) is 14.5 Å². The number of hydrogen-bond acceptors (Lipinski definition) is 4. The van der Waals surface area contributed by atoms with Crippen LogP contribution in [-0.4, -0.2) is 26.3 Å². The molecule has 0 fully saturated rings. The van der Waals surface area contributed by atoms with E-state index in [1.807, 2.05) is 54.6 Å². The lowest BCUT2D eigenvalue weighted by Crippen LogP contribution is -2.38. The highest BCUT2D eigenvalue weighted by Crippen LogP contribution is 2.25. The Bertz CT molecular complexity index is 1390. The molecule has 0 aliphatic rings. The quantitative estimate of drug-likeness (QED) is 0.471. The summed E-state index contributed by atoms with van der Waals surface area (Å²) in [4.78, 5) is 37.0. The Morgan fingerprint density at radius 2 is 1.66 bits per heavy atom. The van der Waals surface area contributed by atoms with E-state index in [0.29, 0.717) is 17.6 Å². The Labute approximate surface area is 184 Å². The zero-order chi connectivity index (χ0) is 22.7. The third-order valence-corrected chi connectivity index (χ3v) is 5.50. The minimum Gasteiger partial charge on any atom is -0.480 e. The molecule has 32 heavy (non-hydrogen) atoms. The maximum Gasteiger partial charge on any atom is 0.335 e. The second-order valence-corrected chi connectivity index (χ2v) is 7.63. The summed E-state index contributed by atoms with van der Waals surface area (Å²) in [5.41, 5.74) is 1.43. The first kappa shape index (κ1) is 21.3.